The fourth-order valence-electron chi connectivity index (χ4n) is 2.81. The second-order valence-corrected chi connectivity index (χ2v) is 7.29. The van der Waals surface area contributed by atoms with Gasteiger partial charge >= 0.3 is 6.18 Å². The summed E-state index contributed by atoms with van der Waals surface area (Å²) in [5, 5.41) is 21.5. The summed E-state index contributed by atoms with van der Waals surface area (Å²) in [4.78, 5) is 26.9. The van der Waals surface area contributed by atoms with Gasteiger partial charge in [0.2, 0.25) is 0 Å². The summed E-state index contributed by atoms with van der Waals surface area (Å²) >= 11 is 0. The molecule has 0 radical (unpaired) electrons. The van der Waals surface area contributed by atoms with Crippen LogP contribution >= 0.6 is 0 Å². The van der Waals surface area contributed by atoms with Crippen molar-refractivity contribution in [3.63, 3.8) is 0 Å². The molecule has 0 aliphatic carbocycles. The Kier molecular flexibility index (Phi) is 8.41. The third-order valence-electron chi connectivity index (χ3n) is 4.58. The maximum atomic E-state index is 13.9. The van der Waals surface area contributed by atoms with Crippen LogP contribution in [0.3, 0.4) is 0 Å². The molecule has 0 aliphatic heterocycles. The molecule has 0 fully saturated rings. The van der Waals surface area contributed by atoms with Crippen molar-refractivity contribution in [1.29, 1.82) is 0 Å². The molecule has 4 N–H and O–H groups in total. The van der Waals surface area contributed by atoms with E-state index in [-0.39, 0.29) is 37.6 Å². The largest absolute Gasteiger partial charge is 0.484 e. The van der Waals surface area contributed by atoms with E-state index in [1.165, 1.54) is 12.3 Å². The van der Waals surface area contributed by atoms with Gasteiger partial charge in [0.25, 0.3) is 11.8 Å². The predicted octanol–water partition coefficient (Wildman–Crippen LogP) is 1.56. The molecule has 35 heavy (non-hydrogen) atoms. The quantitative estimate of drug-likeness (QED) is 0.294. The molecule has 0 bridgehead atoms. The molecular formula is C21H21F4N5O5. The molecule has 0 spiro atoms. The maximum Gasteiger partial charge on any atom is 0.433 e. The smallest absolute Gasteiger partial charge is 0.433 e. The first-order chi connectivity index (χ1) is 16.6. The number of nitrogens with one attached hydrogen (secondary N) is 3. The molecule has 2 aromatic heterocycles. The number of alkyl halides is 3. The Labute approximate surface area is 195 Å². The average molecular weight is 499 g/mol. The number of halogens is 4. The van der Waals surface area contributed by atoms with Gasteiger partial charge in [-0.3, -0.25) is 14.7 Å². The molecule has 3 rings (SSSR count). The lowest BCUT2D eigenvalue weighted by molar-refractivity contribution is -0.141. The topological polar surface area (TPSA) is 138 Å². The molecule has 0 aliphatic rings. The molecule has 3 aromatic rings. The number of aromatic amines is 1. The van der Waals surface area contributed by atoms with Crippen molar-refractivity contribution in [1.82, 2.24) is 25.8 Å². The minimum Gasteiger partial charge on any atom is -0.484 e. The number of fused-ring (bicyclic) bond motifs is 1. The Bertz CT molecular complexity index is 1150. The second-order valence-electron chi connectivity index (χ2n) is 7.29. The SMILES string of the molecule is O=C(COc1cc(F)c2cn[nH]c2c1)NCCC(O)CNC(=O)COc1ccc(C(F)(F)F)nc1. The van der Waals surface area contributed by atoms with E-state index in [0.717, 1.165) is 24.4 Å². The summed E-state index contributed by atoms with van der Waals surface area (Å²) in [7, 11) is 0. The van der Waals surface area contributed by atoms with Gasteiger partial charge in [0, 0.05) is 25.2 Å². The summed E-state index contributed by atoms with van der Waals surface area (Å²) in [6.07, 6.45) is -3.26. The van der Waals surface area contributed by atoms with E-state index in [2.05, 4.69) is 25.8 Å². The molecular weight excluding hydrogens is 478 g/mol. The lowest BCUT2D eigenvalue weighted by atomic mass is 10.2. The van der Waals surface area contributed by atoms with E-state index in [4.69, 9.17) is 9.47 Å². The Hall–Kier alpha value is -3.94. The highest BCUT2D eigenvalue weighted by Crippen LogP contribution is 2.28. The molecule has 14 heteroatoms. The normalized spacial score (nSPS) is 12.3. The molecule has 0 saturated heterocycles. The lowest BCUT2D eigenvalue weighted by Crippen LogP contribution is -2.37. The molecule has 1 unspecified atom stereocenters. The minimum absolute atomic E-state index is 0.0224. The Morgan fingerprint density at radius 2 is 1.77 bits per heavy atom. The Morgan fingerprint density at radius 3 is 2.46 bits per heavy atom. The van der Waals surface area contributed by atoms with Gasteiger partial charge in [-0.25, -0.2) is 9.37 Å². The van der Waals surface area contributed by atoms with Crippen molar-refractivity contribution in [2.45, 2.75) is 18.7 Å². The number of ether oxygens (including phenoxy) is 2. The fourth-order valence-corrected chi connectivity index (χ4v) is 2.81. The average Bonchev–Trinajstić information content (AvgIpc) is 3.29. The van der Waals surface area contributed by atoms with Crippen LogP contribution in [0.25, 0.3) is 10.9 Å². The highest BCUT2D eigenvalue weighted by Gasteiger charge is 2.32. The number of carbonyl (C=O) groups excluding carboxylic acids is 2. The van der Waals surface area contributed by atoms with Crippen LogP contribution in [0.1, 0.15) is 12.1 Å². The van der Waals surface area contributed by atoms with Gasteiger partial charge in [0.05, 0.1) is 29.4 Å². The molecule has 1 aromatic carbocycles. The van der Waals surface area contributed by atoms with E-state index in [9.17, 15) is 32.3 Å². The van der Waals surface area contributed by atoms with E-state index in [1.54, 1.807) is 0 Å². The number of aromatic nitrogens is 3. The number of benzene rings is 1. The zero-order valence-electron chi connectivity index (χ0n) is 18.1. The van der Waals surface area contributed by atoms with E-state index in [1.807, 2.05) is 0 Å². The van der Waals surface area contributed by atoms with Gasteiger partial charge in [0.1, 0.15) is 23.0 Å². The third-order valence-corrected chi connectivity index (χ3v) is 4.58. The maximum absolute atomic E-state index is 13.9. The van der Waals surface area contributed by atoms with Crippen molar-refractivity contribution >= 4 is 22.7 Å². The van der Waals surface area contributed by atoms with E-state index in [0.29, 0.717) is 10.9 Å². The van der Waals surface area contributed by atoms with Crippen LogP contribution in [0, 0.1) is 5.82 Å². The van der Waals surface area contributed by atoms with Gasteiger partial charge in [-0.05, 0) is 18.6 Å². The van der Waals surface area contributed by atoms with Crippen molar-refractivity contribution in [3.05, 3.63) is 48.2 Å². The molecule has 2 heterocycles. The number of aliphatic hydroxyl groups is 1. The van der Waals surface area contributed by atoms with Crippen LogP contribution in [-0.2, 0) is 15.8 Å². The third kappa shape index (κ3) is 7.81. The number of carbonyl (C=O) groups is 2. The number of amides is 2. The molecule has 188 valence electrons. The number of hydrogen-bond donors (Lipinski definition) is 4. The van der Waals surface area contributed by atoms with Gasteiger partial charge < -0.3 is 25.2 Å². The van der Waals surface area contributed by atoms with Crippen LogP contribution in [0.2, 0.25) is 0 Å². The molecule has 1 atom stereocenters. The standard InChI is InChI=1S/C21H21F4N5O5/c22-16-5-14(6-17-15(16)9-29-30-17)35-10-19(32)26-4-3-12(31)7-28-20(33)11-34-13-1-2-18(27-8-13)21(23,24)25/h1-2,5-6,8-9,12,31H,3-4,7,10-11H2,(H,26,32)(H,28,33)(H,29,30). The minimum atomic E-state index is -4.58. The first kappa shape index (κ1) is 25.7. The van der Waals surface area contributed by atoms with Crippen LogP contribution in [0.5, 0.6) is 11.5 Å². The summed E-state index contributed by atoms with van der Waals surface area (Å²) in [6, 6.07) is 4.40. The number of pyridine rings is 1. The van der Waals surface area contributed by atoms with Gasteiger partial charge in [-0.2, -0.15) is 18.3 Å². The first-order valence-corrected chi connectivity index (χ1v) is 10.2. The summed E-state index contributed by atoms with van der Waals surface area (Å²) < 4.78 is 61.6. The fraction of sp³-hybridized carbons (Fsp3) is 0.333. The molecule has 0 saturated carbocycles. The van der Waals surface area contributed by atoms with Gasteiger partial charge in [-0.1, -0.05) is 0 Å². The van der Waals surface area contributed by atoms with Crippen molar-refractivity contribution in [3.8, 4) is 11.5 Å². The first-order valence-electron chi connectivity index (χ1n) is 10.2. The Balaban J connectivity index is 1.28. The van der Waals surface area contributed by atoms with E-state index < -0.39 is 42.2 Å². The van der Waals surface area contributed by atoms with Crippen LogP contribution in [0.4, 0.5) is 17.6 Å². The number of nitrogens with zero attached hydrogens (tertiary/aromatic N) is 2. The predicted molar refractivity (Wildman–Crippen MR) is 113 cm³/mol. The summed E-state index contributed by atoms with van der Waals surface area (Å²) in [5.41, 5.74) is -0.660. The van der Waals surface area contributed by atoms with Crippen molar-refractivity contribution < 1.29 is 41.7 Å². The monoisotopic (exact) mass is 499 g/mol. The highest BCUT2D eigenvalue weighted by molar-refractivity contribution is 5.81. The van der Waals surface area contributed by atoms with Crippen LogP contribution < -0.4 is 20.1 Å². The lowest BCUT2D eigenvalue weighted by Gasteiger charge is -2.13. The van der Waals surface area contributed by atoms with Crippen molar-refractivity contribution in [2.75, 3.05) is 26.3 Å². The van der Waals surface area contributed by atoms with E-state index >= 15 is 0 Å². The summed E-state index contributed by atoms with van der Waals surface area (Å²) in [5.74, 6) is -1.52. The van der Waals surface area contributed by atoms with Gasteiger partial charge in [-0.15, -0.1) is 0 Å². The zero-order valence-corrected chi connectivity index (χ0v) is 18.1. The van der Waals surface area contributed by atoms with Crippen molar-refractivity contribution in [2.24, 2.45) is 0 Å². The zero-order chi connectivity index (χ0) is 25.4. The number of aliphatic hydroxyl groups excluding tert-OH is 1. The number of hydrogen-bond acceptors (Lipinski definition) is 7. The molecule has 10 nitrogen and oxygen atoms in total. The second kappa shape index (κ2) is 11.5. The highest BCUT2D eigenvalue weighted by atomic mass is 19.4. The summed E-state index contributed by atoms with van der Waals surface area (Å²) in [6.45, 7) is -0.912. The Morgan fingerprint density at radius 1 is 1.06 bits per heavy atom. The van der Waals surface area contributed by atoms with Gasteiger partial charge in [0.15, 0.2) is 13.2 Å². The number of rotatable bonds is 11. The number of H-pyrrole nitrogens is 1. The van der Waals surface area contributed by atoms with Crippen LogP contribution in [-0.4, -0.2) is 64.5 Å². The molecule has 2 amide bonds. The van der Waals surface area contributed by atoms with Crippen LogP contribution in [0.15, 0.2) is 36.7 Å².